The van der Waals surface area contributed by atoms with Crippen molar-refractivity contribution in [2.24, 2.45) is 0 Å². The van der Waals surface area contributed by atoms with Crippen LogP contribution in [0.25, 0.3) is 26.1 Å². The van der Waals surface area contributed by atoms with Crippen molar-refractivity contribution in [3.8, 4) is 17.2 Å². The molecule has 2 aromatic carbocycles. The van der Waals surface area contributed by atoms with E-state index in [9.17, 15) is 15.3 Å². The molecular weight excluding hydrogens is 813 g/mol. The molecule has 9 rings (SSSR count). The van der Waals surface area contributed by atoms with Crippen molar-refractivity contribution in [3.05, 3.63) is 95.2 Å². The van der Waals surface area contributed by atoms with E-state index in [0.717, 1.165) is 99.7 Å². The molecule has 314 valence electrons. The molecule has 2 aliphatic rings. The van der Waals surface area contributed by atoms with Gasteiger partial charge >= 0.3 is 0 Å². The number of aliphatic hydroxyl groups excluding tert-OH is 2. The highest BCUT2D eigenvalue weighted by atomic mass is 32.1. The Morgan fingerprint density at radius 3 is 2.16 bits per heavy atom. The Morgan fingerprint density at radius 2 is 1.46 bits per heavy atom. The summed E-state index contributed by atoms with van der Waals surface area (Å²) in [5.74, 6) is 3.19. The molecule has 9 N–H and O–H groups in total. The van der Waals surface area contributed by atoms with Crippen LogP contribution in [-0.4, -0.2) is 75.5 Å². The predicted molar refractivity (Wildman–Crippen MR) is 242 cm³/mol. The van der Waals surface area contributed by atoms with E-state index >= 15 is 0 Å². The summed E-state index contributed by atoms with van der Waals surface area (Å²) < 4.78 is 9.84. The number of aromatic nitrogens is 6. The number of hydrogen-bond acceptors (Lipinski definition) is 17. The van der Waals surface area contributed by atoms with Gasteiger partial charge in [0, 0.05) is 35.1 Å². The zero-order valence-electron chi connectivity index (χ0n) is 33.1. The lowest BCUT2D eigenvalue weighted by Gasteiger charge is -2.26. The number of benzene rings is 2. The molecule has 0 unspecified atom stereocenters. The number of rotatable bonds is 15. The Kier molecular flexibility index (Phi) is 11.9. The van der Waals surface area contributed by atoms with E-state index in [0.29, 0.717) is 35.6 Å². The fraction of sp³-hybridized carbons (Fsp3) is 0.302. The Morgan fingerprint density at radius 1 is 0.787 bits per heavy atom. The Labute approximate surface area is 359 Å². The van der Waals surface area contributed by atoms with Crippen LogP contribution in [0.2, 0.25) is 0 Å². The molecule has 2 saturated carbocycles. The molecule has 2 aliphatic carbocycles. The van der Waals surface area contributed by atoms with Crippen LogP contribution in [0.1, 0.15) is 56.2 Å². The molecular formula is C43H46N12O4S2. The summed E-state index contributed by atoms with van der Waals surface area (Å²) in [7, 11) is 0. The maximum Gasteiger partial charge on any atom is 0.229 e. The fourth-order valence-corrected chi connectivity index (χ4v) is 9.26. The number of phenolic OH excluding ortho intramolecular Hbond substituents is 1. The lowest BCUT2D eigenvalue weighted by molar-refractivity contribution is 0.125. The normalized spacial score (nSPS) is 19.4. The van der Waals surface area contributed by atoms with Crippen LogP contribution in [0.5, 0.6) is 11.5 Å². The van der Waals surface area contributed by atoms with Gasteiger partial charge in [0.2, 0.25) is 11.9 Å². The van der Waals surface area contributed by atoms with Crippen LogP contribution in [-0.2, 0) is 6.61 Å². The average Bonchev–Trinajstić information content (AvgIpc) is 4.05. The Balaban J connectivity index is 0.852. The van der Waals surface area contributed by atoms with E-state index in [1.165, 1.54) is 6.21 Å². The molecule has 0 spiro atoms. The van der Waals surface area contributed by atoms with E-state index in [1.807, 2.05) is 48.0 Å². The molecule has 16 nitrogen and oxygen atoms in total. The minimum absolute atomic E-state index is 0.184. The summed E-state index contributed by atoms with van der Waals surface area (Å²) in [4.78, 5) is 20.2. The largest absolute Gasteiger partial charge is 0.508 e. The number of fused-ring (bicyclic) bond motifs is 2. The number of aliphatic hydroxyl groups is 2. The number of aromatic hydroxyl groups is 1. The first-order valence-corrected chi connectivity index (χ1v) is 22.0. The van der Waals surface area contributed by atoms with Crippen molar-refractivity contribution in [3.63, 3.8) is 0 Å². The van der Waals surface area contributed by atoms with E-state index in [-0.39, 0.29) is 30.0 Å². The molecule has 0 amide bonds. The molecule has 5 aromatic heterocycles. The van der Waals surface area contributed by atoms with Crippen molar-refractivity contribution in [1.29, 1.82) is 5.41 Å². The van der Waals surface area contributed by atoms with Gasteiger partial charge < -0.3 is 52.0 Å². The molecule has 2 fully saturated rings. The number of hydrogen-bond donors (Lipinski definition) is 9. The lowest BCUT2D eigenvalue weighted by atomic mass is 9.93. The summed E-state index contributed by atoms with van der Waals surface area (Å²) in [5, 5.41) is 61.1. The van der Waals surface area contributed by atoms with Crippen molar-refractivity contribution in [1.82, 2.24) is 29.7 Å². The monoisotopic (exact) mass is 858 g/mol. The van der Waals surface area contributed by atoms with Crippen molar-refractivity contribution < 1.29 is 20.1 Å². The molecule has 0 bridgehead atoms. The number of ether oxygens (including phenoxy) is 1. The van der Waals surface area contributed by atoms with E-state index < -0.39 is 0 Å². The van der Waals surface area contributed by atoms with E-state index in [1.54, 1.807) is 64.0 Å². The van der Waals surface area contributed by atoms with Gasteiger partial charge in [0.1, 0.15) is 29.7 Å². The average molecular weight is 859 g/mol. The van der Waals surface area contributed by atoms with Crippen LogP contribution in [0.3, 0.4) is 0 Å². The van der Waals surface area contributed by atoms with Crippen molar-refractivity contribution in [2.45, 2.75) is 82.3 Å². The molecule has 0 saturated heterocycles. The number of thiophene rings is 2. The van der Waals surface area contributed by atoms with Crippen molar-refractivity contribution >= 4 is 84.2 Å². The number of allylic oxidation sites excluding steroid dienone is 1. The topological polar surface area (TPSA) is 223 Å². The summed E-state index contributed by atoms with van der Waals surface area (Å²) in [6, 6.07) is 18.8. The second-order valence-electron chi connectivity index (χ2n) is 15.3. The van der Waals surface area contributed by atoms with Gasteiger partial charge in [0.05, 0.1) is 62.1 Å². The smallest absolute Gasteiger partial charge is 0.229 e. The van der Waals surface area contributed by atoms with Crippen LogP contribution in [0.4, 0.5) is 34.9 Å². The van der Waals surface area contributed by atoms with Gasteiger partial charge in [0.25, 0.3) is 0 Å². The summed E-state index contributed by atoms with van der Waals surface area (Å²) >= 11 is 3.17. The number of nitrogens with one attached hydrogen (secondary N) is 6. The zero-order valence-corrected chi connectivity index (χ0v) is 34.7. The third kappa shape index (κ3) is 9.84. The first kappa shape index (κ1) is 40.1. The summed E-state index contributed by atoms with van der Waals surface area (Å²) in [6.45, 7) is 0.334. The molecule has 0 aliphatic heterocycles. The van der Waals surface area contributed by atoms with E-state index in [4.69, 9.17) is 25.1 Å². The molecule has 7 aromatic rings. The second kappa shape index (κ2) is 18.1. The number of phenols is 1. The van der Waals surface area contributed by atoms with Crippen molar-refractivity contribution in [2.75, 3.05) is 26.6 Å². The van der Waals surface area contributed by atoms with Gasteiger partial charge in [-0.15, -0.1) is 22.7 Å². The first-order chi connectivity index (χ1) is 29.8. The third-order valence-corrected chi connectivity index (χ3v) is 12.8. The first-order valence-electron chi connectivity index (χ1n) is 20.3. The van der Waals surface area contributed by atoms with Gasteiger partial charge in [-0.25, -0.2) is 14.6 Å². The van der Waals surface area contributed by atoms with Gasteiger partial charge in [-0.05, 0) is 117 Å². The molecule has 61 heavy (non-hydrogen) atoms. The highest BCUT2D eigenvalue weighted by Crippen LogP contribution is 2.35. The second-order valence-corrected chi connectivity index (χ2v) is 17.3. The SMILES string of the molecule is N=C/C(=C\Nc1ccc(OCc2cc3nc(Nc4cnn(-c5ccc(O)cc5)c4)nc(N[C@H]4CC[C@H](O)CC4)c3s2)cc1)Nc1nc(N[C@H]2CC[C@H](O)CC2)c2sccc2n1. The van der Waals surface area contributed by atoms with Gasteiger partial charge in [-0.2, -0.15) is 15.1 Å². The number of anilines is 6. The number of nitrogens with zero attached hydrogens (tertiary/aromatic N) is 6. The molecule has 0 atom stereocenters. The van der Waals surface area contributed by atoms with Crippen LogP contribution in [0.15, 0.2) is 90.3 Å². The minimum Gasteiger partial charge on any atom is -0.508 e. The van der Waals surface area contributed by atoms with E-state index in [2.05, 4.69) is 36.7 Å². The van der Waals surface area contributed by atoms with Crippen LogP contribution in [0, 0.1) is 5.41 Å². The standard InChI is InChI=1S/C43H46N12O4S2/c44-20-28(49-42-51-36-17-18-60-38(36)40(53-42)47-26-1-9-31(56)10-2-26)21-45-25-5-15-34(16-6-25)59-24-35-19-37-39(61-35)41(48-27-3-11-32(57)12-4-27)54-43(52-37)50-29-22-46-55(23-29)30-7-13-33(58)14-8-30/h5-8,13-23,26-27,31-32,44-45,56-58H,1-4,9-12,24H2,(H2,47,49,51,53)(H2,48,50,52,54)/b28-21+,44-20?/t26-,27-,31-,32-. The molecule has 0 radical (unpaired) electrons. The van der Waals surface area contributed by atoms with Crippen LogP contribution >= 0.6 is 22.7 Å². The third-order valence-electron chi connectivity index (χ3n) is 10.8. The maximum absolute atomic E-state index is 10.1. The minimum atomic E-state index is -0.262. The van der Waals surface area contributed by atoms with Crippen LogP contribution < -0.4 is 31.3 Å². The molecule has 18 heteroatoms. The maximum atomic E-state index is 10.1. The van der Waals surface area contributed by atoms with Gasteiger partial charge in [-0.3, -0.25) is 0 Å². The fourth-order valence-electron chi connectivity index (χ4n) is 7.52. The predicted octanol–water partition coefficient (Wildman–Crippen LogP) is 8.36. The quantitative estimate of drug-likeness (QED) is 0.0442. The highest BCUT2D eigenvalue weighted by molar-refractivity contribution is 7.19. The van der Waals surface area contributed by atoms with Gasteiger partial charge in [-0.1, -0.05) is 0 Å². The summed E-state index contributed by atoms with van der Waals surface area (Å²) in [6.07, 6.45) is 12.5. The molecule has 5 heterocycles. The Hall–Kier alpha value is -6.34. The van der Waals surface area contributed by atoms with Gasteiger partial charge in [0.15, 0.2) is 0 Å². The lowest BCUT2D eigenvalue weighted by Crippen LogP contribution is -2.28. The highest BCUT2D eigenvalue weighted by Gasteiger charge is 2.23. The summed E-state index contributed by atoms with van der Waals surface area (Å²) in [5.41, 5.74) is 4.41. The Bertz CT molecular complexity index is 2630. The zero-order chi connectivity index (χ0) is 41.7.